The minimum absolute atomic E-state index is 0.257. The summed E-state index contributed by atoms with van der Waals surface area (Å²) in [5.41, 5.74) is 3.43. The molecule has 0 saturated heterocycles. The van der Waals surface area contributed by atoms with Gasteiger partial charge in [0.25, 0.3) is 0 Å². The third kappa shape index (κ3) is 2.91. The van der Waals surface area contributed by atoms with Crippen LogP contribution >= 0.6 is 0 Å². The maximum atomic E-state index is 9.53. The molecule has 0 saturated carbocycles. The van der Waals surface area contributed by atoms with Crippen molar-refractivity contribution >= 4 is 5.69 Å². The molecule has 0 aromatic heterocycles. The first-order valence-electron chi connectivity index (χ1n) is 4.89. The zero-order valence-electron chi connectivity index (χ0n) is 9.57. The van der Waals surface area contributed by atoms with Gasteiger partial charge < -0.3 is 5.11 Å². The Labute approximate surface area is 90.2 Å². The van der Waals surface area contributed by atoms with Crippen LogP contribution in [0.4, 0.5) is 5.69 Å². The fourth-order valence-electron chi connectivity index (χ4n) is 1.13. The molecule has 3 heteroatoms. The summed E-state index contributed by atoms with van der Waals surface area (Å²) >= 11 is 0. The number of aromatic hydroxyl groups is 1. The van der Waals surface area contributed by atoms with E-state index in [1.165, 1.54) is 0 Å². The molecule has 0 aliphatic carbocycles. The van der Waals surface area contributed by atoms with Crippen molar-refractivity contribution in [2.75, 3.05) is 0 Å². The van der Waals surface area contributed by atoms with E-state index in [0.717, 1.165) is 16.8 Å². The van der Waals surface area contributed by atoms with Gasteiger partial charge in [0, 0.05) is 6.07 Å². The molecular weight excluding hydrogens is 188 g/mol. The average molecular weight is 204 g/mol. The normalized spacial score (nSPS) is 12.4. The van der Waals surface area contributed by atoms with Crippen LogP contribution in [0.3, 0.4) is 0 Å². The molecule has 3 nitrogen and oxygen atoms in total. The summed E-state index contributed by atoms with van der Waals surface area (Å²) in [4.78, 5) is 0. The van der Waals surface area contributed by atoms with Crippen LogP contribution in [0.25, 0.3) is 0 Å². The van der Waals surface area contributed by atoms with Gasteiger partial charge in [0.2, 0.25) is 0 Å². The van der Waals surface area contributed by atoms with Crippen LogP contribution in [-0.4, -0.2) is 5.11 Å². The monoisotopic (exact) mass is 204 g/mol. The molecule has 1 rings (SSSR count). The Morgan fingerprint density at radius 3 is 2.53 bits per heavy atom. The molecule has 0 radical (unpaired) electrons. The van der Waals surface area contributed by atoms with E-state index >= 15 is 0 Å². The van der Waals surface area contributed by atoms with Crippen molar-refractivity contribution in [3.05, 3.63) is 35.0 Å². The zero-order valence-corrected chi connectivity index (χ0v) is 9.57. The SMILES string of the molecule is C/C=C(\C)N=Nc1cc(O)c(C)cc1C. The molecule has 15 heavy (non-hydrogen) atoms. The minimum atomic E-state index is 0.257. The van der Waals surface area contributed by atoms with Gasteiger partial charge in [-0.2, -0.15) is 10.2 Å². The third-order valence-corrected chi connectivity index (χ3v) is 2.25. The Bertz CT molecular complexity index is 420. The number of aryl methyl sites for hydroxylation is 2. The lowest BCUT2D eigenvalue weighted by Gasteiger charge is -2.03. The molecule has 0 bridgehead atoms. The standard InChI is InChI=1S/C12H16N2O/c1-5-10(4)13-14-11-7-12(15)9(3)6-8(11)2/h5-7,15H,1-4H3/b10-5+,14-13?. The Hall–Kier alpha value is -1.64. The summed E-state index contributed by atoms with van der Waals surface area (Å²) < 4.78 is 0. The van der Waals surface area contributed by atoms with Crippen LogP contribution in [-0.2, 0) is 0 Å². The predicted octanol–water partition coefficient (Wildman–Crippen LogP) is 4.02. The largest absolute Gasteiger partial charge is 0.508 e. The van der Waals surface area contributed by atoms with Crippen molar-refractivity contribution in [3.63, 3.8) is 0 Å². The van der Waals surface area contributed by atoms with Crippen molar-refractivity contribution in [2.24, 2.45) is 10.2 Å². The number of allylic oxidation sites excluding steroid dienone is 2. The second-order valence-electron chi connectivity index (χ2n) is 3.56. The van der Waals surface area contributed by atoms with E-state index in [1.807, 2.05) is 39.8 Å². The smallest absolute Gasteiger partial charge is 0.120 e. The van der Waals surface area contributed by atoms with E-state index in [4.69, 9.17) is 0 Å². The lowest BCUT2D eigenvalue weighted by molar-refractivity contribution is 0.471. The van der Waals surface area contributed by atoms with Crippen LogP contribution < -0.4 is 0 Å². The van der Waals surface area contributed by atoms with Crippen molar-refractivity contribution in [2.45, 2.75) is 27.7 Å². The number of nitrogens with zero attached hydrogens (tertiary/aromatic N) is 2. The summed E-state index contributed by atoms with van der Waals surface area (Å²) in [5.74, 6) is 0.257. The summed E-state index contributed by atoms with van der Waals surface area (Å²) in [6.07, 6.45) is 1.88. The van der Waals surface area contributed by atoms with Gasteiger partial charge in [-0.3, -0.25) is 0 Å². The molecular formula is C12H16N2O. The average Bonchev–Trinajstić information content (AvgIpc) is 2.21. The van der Waals surface area contributed by atoms with Gasteiger partial charge in [-0.05, 0) is 38.8 Å². The van der Waals surface area contributed by atoms with Crippen molar-refractivity contribution < 1.29 is 5.11 Å². The van der Waals surface area contributed by atoms with E-state index in [1.54, 1.807) is 6.07 Å². The molecule has 0 fully saturated rings. The maximum Gasteiger partial charge on any atom is 0.120 e. The highest BCUT2D eigenvalue weighted by Crippen LogP contribution is 2.27. The summed E-state index contributed by atoms with van der Waals surface area (Å²) in [7, 11) is 0. The van der Waals surface area contributed by atoms with E-state index in [-0.39, 0.29) is 5.75 Å². The predicted molar refractivity (Wildman–Crippen MR) is 61.5 cm³/mol. The number of hydrogen-bond donors (Lipinski definition) is 1. The van der Waals surface area contributed by atoms with Gasteiger partial charge in [-0.1, -0.05) is 12.1 Å². The summed E-state index contributed by atoms with van der Waals surface area (Å²) in [5, 5.41) is 17.6. The number of hydrogen-bond acceptors (Lipinski definition) is 3. The van der Waals surface area contributed by atoms with Crippen LogP contribution in [0.15, 0.2) is 34.1 Å². The lowest BCUT2D eigenvalue weighted by Crippen LogP contribution is -1.79. The van der Waals surface area contributed by atoms with Crippen molar-refractivity contribution in [3.8, 4) is 5.75 Å². The molecule has 0 unspecified atom stereocenters. The second kappa shape index (κ2) is 4.73. The van der Waals surface area contributed by atoms with Crippen LogP contribution in [0.2, 0.25) is 0 Å². The van der Waals surface area contributed by atoms with Gasteiger partial charge in [-0.25, -0.2) is 0 Å². The lowest BCUT2D eigenvalue weighted by atomic mass is 10.1. The fraction of sp³-hybridized carbons (Fsp3) is 0.333. The highest BCUT2D eigenvalue weighted by molar-refractivity contribution is 5.52. The first kappa shape index (κ1) is 11.4. The van der Waals surface area contributed by atoms with E-state index in [2.05, 4.69) is 10.2 Å². The molecule has 1 N–H and O–H groups in total. The molecule has 0 aliphatic heterocycles. The second-order valence-corrected chi connectivity index (χ2v) is 3.56. The molecule has 1 aromatic rings. The van der Waals surface area contributed by atoms with E-state index in [0.29, 0.717) is 5.69 Å². The van der Waals surface area contributed by atoms with Crippen LogP contribution in [0, 0.1) is 13.8 Å². The molecule has 0 spiro atoms. The first-order chi connectivity index (χ1) is 7.04. The third-order valence-electron chi connectivity index (χ3n) is 2.25. The summed E-state index contributed by atoms with van der Waals surface area (Å²) in [6.45, 7) is 7.60. The number of benzene rings is 1. The van der Waals surface area contributed by atoms with Crippen molar-refractivity contribution in [1.82, 2.24) is 0 Å². The molecule has 0 atom stereocenters. The Morgan fingerprint density at radius 2 is 1.93 bits per heavy atom. The molecule has 0 heterocycles. The van der Waals surface area contributed by atoms with Gasteiger partial charge in [0.1, 0.15) is 5.75 Å². The fourth-order valence-corrected chi connectivity index (χ4v) is 1.13. The maximum absolute atomic E-state index is 9.53. The van der Waals surface area contributed by atoms with Gasteiger partial charge in [0.05, 0.1) is 11.4 Å². The number of phenolic OH excluding ortho intramolecular Hbond substituents is 1. The Kier molecular flexibility index (Phi) is 3.61. The molecule has 0 aliphatic rings. The highest BCUT2D eigenvalue weighted by atomic mass is 16.3. The van der Waals surface area contributed by atoms with Gasteiger partial charge >= 0.3 is 0 Å². The Morgan fingerprint density at radius 1 is 1.27 bits per heavy atom. The van der Waals surface area contributed by atoms with Gasteiger partial charge in [-0.15, -0.1) is 0 Å². The quantitative estimate of drug-likeness (QED) is 0.726. The van der Waals surface area contributed by atoms with Crippen LogP contribution in [0.5, 0.6) is 5.75 Å². The van der Waals surface area contributed by atoms with Gasteiger partial charge in [0.15, 0.2) is 0 Å². The zero-order chi connectivity index (χ0) is 11.4. The van der Waals surface area contributed by atoms with E-state index in [9.17, 15) is 5.11 Å². The first-order valence-corrected chi connectivity index (χ1v) is 4.89. The number of phenols is 1. The molecule has 80 valence electrons. The molecule has 1 aromatic carbocycles. The number of azo groups is 1. The Balaban J connectivity index is 3.06. The minimum Gasteiger partial charge on any atom is -0.508 e. The van der Waals surface area contributed by atoms with Crippen LogP contribution in [0.1, 0.15) is 25.0 Å². The summed E-state index contributed by atoms with van der Waals surface area (Å²) in [6, 6.07) is 3.53. The topological polar surface area (TPSA) is 45.0 Å². The number of rotatable bonds is 2. The van der Waals surface area contributed by atoms with E-state index < -0.39 is 0 Å². The molecule has 0 amide bonds. The highest BCUT2D eigenvalue weighted by Gasteiger charge is 2.02. The van der Waals surface area contributed by atoms with Crippen molar-refractivity contribution in [1.29, 1.82) is 0 Å².